The third-order valence-electron chi connectivity index (χ3n) is 1.63. The van der Waals surface area contributed by atoms with E-state index in [1.54, 1.807) is 6.08 Å². The maximum absolute atomic E-state index is 6.84. The van der Waals surface area contributed by atoms with Crippen LogP contribution in [0.4, 0.5) is 0 Å². The molecule has 0 amide bonds. The van der Waals surface area contributed by atoms with E-state index >= 15 is 0 Å². The Morgan fingerprint density at radius 1 is 1.33 bits per heavy atom. The van der Waals surface area contributed by atoms with Crippen LogP contribution in [0, 0.1) is 19.3 Å². The van der Waals surface area contributed by atoms with Gasteiger partial charge in [-0.15, -0.1) is 0 Å². The largest absolute Gasteiger partial charge is 0.309 e. The molecule has 0 aromatic carbocycles. The topological polar surface area (TPSA) is 36.7 Å². The summed E-state index contributed by atoms with van der Waals surface area (Å²) in [6.45, 7) is 3.97. The smallest absolute Gasteiger partial charge is 0.0662 e. The summed E-state index contributed by atoms with van der Waals surface area (Å²) in [6.07, 6.45) is 4.77. The maximum atomic E-state index is 6.84. The van der Waals surface area contributed by atoms with Crippen LogP contribution in [-0.2, 0) is 0 Å². The van der Waals surface area contributed by atoms with E-state index in [1.807, 2.05) is 32.1 Å². The molecule has 62 valence electrons. The number of pyridine rings is 1. The number of hydrogen-bond donors (Lipinski definition) is 1. The third-order valence-corrected chi connectivity index (χ3v) is 1.63. The summed E-state index contributed by atoms with van der Waals surface area (Å²) in [5.74, 6) is 0. The summed E-state index contributed by atoms with van der Waals surface area (Å²) in [4.78, 5) is 4.32. The molecule has 0 aliphatic rings. The number of aromatic nitrogens is 1. The van der Waals surface area contributed by atoms with Gasteiger partial charge in [0.1, 0.15) is 0 Å². The second kappa shape index (κ2) is 3.81. The van der Waals surface area contributed by atoms with Crippen LogP contribution in [0.5, 0.6) is 0 Å². The minimum Gasteiger partial charge on any atom is -0.309 e. The van der Waals surface area contributed by atoms with Gasteiger partial charge < -0.3 is 5.41 Å². The standard InChI is InChI=1S/C10H12N2/c1-8-5-6-9(2)12-10(8)4-3-7-11/h3-7,11H,1-2H3/b4-3-,11-7?. The van der Waals surface area contributed by atoms with E-state index in [0.29, 0.717) is 0 Å². The Morgan fingerprint density at radius 2 is 2.08 bits per heavy atom. The van der Waals surface area contributed by atoms with Crippen LogP contribution in [0.3, 0.4) is 0 Å². The Morgan fingerprint density at radius 3 is 2.75 bits per heavy atom. The highest BCUT2D eigenvalue weighted by Crippen LogP contribution is 2.07. The molecule has 0 unspecified atom stereocenters. The van der Waals surface area contributed by atoms with Gasteiger partial charge in [0.2, 0.25) is 0 Å². The first-order valence-electron chi connectivity index (χ1n) is 3.85. The van der Waals surface area contributed by atoms with Crippen molar-refractivity contribution in [2.45, 2.75) is 13.8 Å². The normalized spacial score (nSPS) is 10.5. The molecule has 1 aromatic heterocycles. The van der Waals surface area contributed by atoms with E-state index in [0.717, 1.165) is 17.0 Å². The fraction of sp³-hybridized carbons (Fsp3) is 0.200. The van der Waals surface area contributed by atoms with Gasteiger partial charge in [-0.2, -0.15) is 0 Å². The van der Waals surface area contributed by atoms with Crippen molar-refractivity contribution in [1.29, 1.82) is 5.41 Å². The first-order chi connectivity index (χ1) is 5.74. The second-order valence-corrected chi connectivity index (χ2v) is 2.68. The first kappa shape index (κ1) is 8.65. The zero-order chi connectivity index (χ0) is 8.97. The molecule has 2 nitrogen and oxygen atoms in total. The van der Waals surface area contributed by atoms with Crippen molar-refractivity contribution >= 4 is 12.3 Å². The van der Waals surface area contributed by atoms with Crippen molar-refractivity contribution in [3.63, 3.8) is 0 Å². The maximum Gasteiger partial charge on any atom is 0.0662 e. The van der Waals surface area contributed by atoms with Gasteiger partial charge in [-0.05, 0) is 37.6 Å². The molecule has 0 aliphatic heterocycles. The summed E-state index contributed by atoms with van der Waals surface area (Å²) < 4.78 is 0. The fourth-order valence-corrected chi connectivity index (χ4v) is 0.954. The average molecular weight is 160 g/mol. The predicted molar refractivity (Wildman–Crippen MR) is 51.5 cm³/mol. The summed E-state index contributed by atoms with van der Waals surface area (Å²) in [5, 5.41) is 6.84. The summed E-state index contributed by atoms with van der Waals surface area (Å²) in [7, 11) is 0. The van der Waals surface area contributed by atoms with Crippen LogP contribution in [0.25, 0.3) is 6.08 Å². The molecule has 0 saturated heterocycles. The Kier molecular flexibility index (Phi) is 2.75. The molecule has 0 atom stereocenters. The van der Waals surface area contributed by atoms with Crippen molar-refractivity contribution in [2.75, 3.05) is 0 Å². The number of aryl methyl sites for hydroxylation is 2. The zero-order valence-electron chi connectivity index (χ0n) is 7.33. The molecule has 1 rings (SSSR count). The molecule has 2 heteroatoms. The number of nitrogens with zero attached hydrogens (tertiary/aromatic N) is 1. The molecule has 0 bridgehead atoms. The van der Waals surface area contributed by atoms with E-state index in [-0.39, 0.29) is 0 Å². The lowest BCUT2D eigenvalue weighted by atomic mass is 10.2. The number of rotatable bonds is 2. The van der Waals surface area contributed by atoms with Crippen molar-refractivity contribution in [3.8, 4) is 0 Å². The Hall–Kier alpha value is -1.44. The van der Waals surface area contributed by atoms with Gasteiger partial charge in [0, 0.05) is 11.9 Å². The minimum atomic E-state index is 0.943. The van der Waals surface area contributed by atoms with Gasteiger partial charge >= 0.3 is 0 Å². The van der Waals surface area contributed by atoms with Crippen molar-refractivity contribution in [1.82, 2.24) is 4.98 Å². The van der Waals surface area contributed by atoms with Crippen LogP contribution in [0.2, 0.25) is 0 Å². The molecule has 1 N–H and O–H groups in total. The zero-order valence-corrected chi connectivity index (χ0v) is 7.33. The van der Waals surface area contributed by atoms with Crippen LogP contribution in [0.1, 0.15) is 17.0 Å². The Labute approximate surface area is 72.5 Å². The Bertz CT molecular complexity index is 314. The molecule has 1 aromatic rings. The number of nitrogens with one attached hydrogen (secondary N) is 1. The molecule has 0 spiro atoms. The van der Waals surface area contributed by atoms with E-state index in [2.05, 4.69) is 4.98 Å². The van der Waals surface area contributed by atoms with Crippen LogP contribution in [-0.4, -0.2) is 11.2 Å². The van der Waals surface area contributed by atoms with Crippen LogP contribution < -0.4 is 0 Å². The van der Waals surface area contributed by atoms with Gasteiger partial charge in [0.25, 0.3) is 0 Å². The van der Waals surface area contributed by atoms with Crippen molar-refractivity contribution in [3.05, 3.63) is 35.2 Å². The molecular weight excluding hydrogens is 148 g/mol. The van der Waals surface area contributed by atoms with Crippen molar-refractivity contribution < 1.29 is 0 Å². The van der Waals surface area contributed by atoms with E-state index in [4.69, 9.17) is 5.41 Å². The van der Waals surface area contributed by atoms with Gasteiger partial charge in [-0.1, -0.05) is 6.07 Å². The first-order valence-corrected chi connectivity index (χ1v) is 3.85. The SMILES string of the molecule is Cc1ccc(C)c(/C=C\C=N)n1. The van der Waals surface area contributed by atoms with Crippen LogP contribution >= 0.6 is 0 Å². The quantitative estimate of drug-likeness (QED) is 0.662. The van der Waals surface area contributed by atoms with Gasteiger partial charge in [-0.3, -0.25) is 4.98 Å². The molecule has 0 saturated carbocycles. The Balaban J connectivity index is 3.04. The monoisotopic (exact) mass is 160 g/mol. The lowest BCUT2D eigenvalue weighted by Gasteiger charge is -1.99. The highest BCUT2D eigenvalue weighted by molar-refractivity contribution is 5.75. The van der Waals surface area contributed by atoms with E-state index in [1.165, 1.54) is 6.21 Å². The average Bonchev–Trinajstić information content (AvgIpc) is 2.07. The highest BCUT2D eigenvalue weighted by atomic mass is 14.7. The summed E-state index contributed by atoms with van der Waals surface area (Å²) in [6, 6.07) is 4.02. The summed E-state index contributed by atoms with van der Waals surface area (Å²) >= 11 is 0. The molecule has 1 heterocycles. The predicted octanol–water partition coefficient (Wildman–Crippen LogP) is 2.36. The van der Waals surface area contributed by atoms with Gasteiger partial charge in [0.05, 0.1) is 5.69 Å². The van der Waals surface area contributed by atoms with Gasteiger partial charge in [0.15, 0.2) is 0 Å². The van der Waals surface area contributed by atoms with Gasteiger partial charge in [-0.25, -0.2) is 0 Å². The fourth-order valence-electron chi connectivity index (χ4n) is 0.954. The molecular formula is C10H12N2. The molecule has 0 aliphatic carbocycles. The van der Waals surface area contributed by atoms with E-state index in [9.17, 15) is 0 Å². The van der Waals surface area contributed by atoms with Crippen molar-refractivity contribution in [2.24, 2.45) is 0 Å². The highest BCUT2D eigenvalue weighted by Gasteiger charge is 1.94. The lowest BCUT2D eigenvalue weighted by Crippen LogP contribution is -1.88. The van der Waals surface area contributed by atoms with E-state index < -0.39 is 0 Å². The number of hydrogen-bond acceptors (Lipinski definition) is 2. The third kappa shape index (κ3) is 2.02. The lowest BCUT2D eigenvalue weighted by molar-refractivity contribution is 1.15. The second-order valence-electron chi connectivity index (χ2n) is 2.68. The number of allylic oxidation sites excluding steroid dienone is 1. The minimum absolute atomic E-state index is 0.943. The molecule has 12 heavy (non-hydrogen) atoms. The molecule has 0 radical (unpaired) electrons. The van der Waals surface area contributed by atoms with Crippen LogP contribution in [0.15, 0.2) is 18.2 Å². The molecule has 0 fully saturated rings. The summed E-state index contributed by atoms with van der Waals surface area (Å²) in [5.41, 5.74) is 3.09.